The van der Waals surface area contributed by atoms with Gasteiger partial charge >= 0.3 is 0 Å². The zero-order valence-corrected chi connectivity index (χ0v) is 7.20. The Morgan fingerprint density at radius 3 is 2.83 bits per heavy atom. The standard InChI is InChI=1S/C11H13N/c1-8-10-5-3-2-4-9(10)6-7-11(8)12/h2-8,11H,12H2,1H3/t8?,11-/m0/s1. The summed E-state index contributed by atoms with van der Waals surface area (Å²) in [5.41, 5.74) is 8.59. The van der Waals surface area contributed by atoms with Crippen molar-refractivity contribution in [1.82, 2.24) is 0 Å². The van der Waals surface area contributed by atoms with Crippen LogP contribution >= 0.6 is 0 Å². The van der Waals surface area contributed by atoms with Gasteiger partial charge in [-0.05, 0) is 11.1 Å². The van der Waals surface area contributed by atoms with Crippen LogP contribution < -0.4 is 5.73 Å². The van der Waals surface area contributed by atoms with E-state index in [1.54, 1.807) is 0 Å². The van der Waals surface area contributed by atoms with E-state index in [9.17, 15) is 0 Å². The minimum absolute atomic E-state index is 0.180. The summed E-state index contributed by atoms with van der Waals surface area (Å²) in [4.78, 5) is 0. The third-order valence-corrected chi connectivity index (χ3v) is 2.56. The summed E-state index contributed by atoms with van der Waals surface area (Å²) >= 11 is 0. The lowest BCUT2D eigenvalue weighted by molar-refractivity contribution is 0.657. The first kappa shape index (κ1) is 7.56. The molecule has 2 atom stereocenters. The molecule has 1 aliphatic rings. The Morgan fingerprint density at radius 1 is 1.25 bits per heavy atom. The monoisotopic (exact) mass is 159 g/mol. The summed E-state index contributed by atoms with van der Waals surface area (Å²) in [5.74, 6) is 0.450. The molecule has 0 saturated heterocycles. The van der Waals surface area contributed by atoms with E-state index in [1.807, 2.05) is 0 Å². The summed E-state index contributed by atoms with van der Waals surface area (Å²) in [7, 11) is 0. The van der Waals surface area contributed by atoms with Crippen molar-refractivity contribution in [3.8, 4) is 0 Å². The fourth-order valence-electron chi connectivity index (χ4n) is 1.67. The normalized spacial score (nSPS) is 26.8. The van der Waals surface area contributed by atoms with Gasteiger partial charge in [0.15, 0.2) is 0 Å². The van der Waals surface area contributed by atoms with Gasteiger partial charge in [0.05, 0.1) is 0 Å². The molecule has 0 saturated carbocycles. The van der Waals surface area contributed by atoms with E-state index in [0.29, 0.717) is 5.92 Å². The second-order valence-electron chi connectivity index (χ2n) is 3.35. The molecule has 0 aliphatic heterocycles. The van der Waals surface area contributed by atoms with Gasteiger partial charge in [0.2, 0.25) is 0 Å². The lowest BCUT2D eigenvalue weighted by Gasteiger charge is -2.23. The van der Waals surface area contributed by atoms with E-state index in [1.165, 1.54) is 11.1 Å². The molecule has 1 aliphatic carbocycles. The number of nitrogens with two attached hydrogens (primary N) is 1. The first-order valence-corrected chi connectivity index (χ1v) is 4.32. The van der Waals surface area contributed by atoms with E-state index >= 15 is 0 Å². The van der Waals surface area contributed by atoms with Gasteiger partial charge in [-0.25, -0.2) is 0 Å². The molecule has 0 bridgehead atoms. The summed E-state index contributed by atoms with van der Waals surface area (Å²) in [6.45, 7) is 2.17. The largest absolute Gasteiger partial charge is 0.324 e. The van der Waals surface area contributed by atoms with Crippen LogP contribution in [-0.4, -0.2) is 6.04 Å². The molecule has 1 nitrogen and oxygen atoms in total. The Kier molecular flexibility index (Phi) is 1.74. The number of fused-ring (bicyclic) bond motifs is 1. The average molecular weight is 159 g/mol. The minimum Gasteiger partial charge on any atom is -0.324 e. The second-order valence-corrected chi connectivity index (χ2v) is 3.35. The van der Waals surface area contributed by atoms with Gasteiger partial charge in [-0.1, -0.05) is 43.3 Å². The first-order chi connectivity index (χ1) is 5.79. The Hall–Kier alpha value is -1.08. The Labute approximate surface area is 72.9 Å². The van der Waals surface area contributed by atoms with Crippen molar-refractivity contribution in [2.24, 2.45) is 5.73 Å². The third-order valence-electron chi connectivity index (χ3n) is 2.56. The predicted molar refractivity (Wildman–Crippen MR) is 51.9 cm³/mol. The van der Waals surface area contributed by atoms with Crippen LogP contribution in [-0.2, 0) is 0 Å². The highest BCUT2D eigenvalue weighted by Gasteiger charge is 2.17. The number of hydrogen-bond acceptors (Lipinski definition) is 1. The quantitative estimate of drug-likeness (QED) is 0.616. The van der Waals surface area contributed by atoms with E-state index in [-0.39, 0.29) is 6.04 Å². The third kappa shape index (κ3) is 1.07. The van der Waals surface area contributed by atoms with E-state index in [0.717, 1.165) is 0 Å². The van der Waals surface area contributed by atoms with Crippen LogP contribution in [0.3, 0.4) is 0 Å². The van der Waals surface area contributed by atoms with Gasteiger partial charge < -0.3 is 5.73 Å². The molecule has 0 amide bonds. The van der Waals surface area contributed by atoms with Crippen LogP contribution in [0.2, 0.25) is 0 Å². The first-order valence-electron chi connectivity index (χ1n) is 4.32. The van der Waals surface area contributed by atoms with E-state index in [4.69, 9.17) is 5.73 Å². The van der Waals surface area contributed by atoms with Crippen LogP contribution in [0.4, 0.5) is 0 Å². The summed E-state index contributed by atoms with van der Waals surface area (Å²) in [5, 5.41) is 0. The summed E-state index contributed by atoms with van der Waals surface area (Å²) in [6, 6.07) is 8.60. The lowest BCUT2D eigenvalue weighted by atomic mass is 9.85. The Bertz CT molecular complexity index is 315. The molecule has 0 fully saturated rings. The smallest absolute Gasteiger partial charge is 0.0294 e. The molecule has 0 heterocycles. The minimum atomic E-state index is 0.180. The van der Waals surface area contributed by atoms with Crippen molar-refractivity contribution in [2.45, 2.75) is 18.9 Å². The van der Waals surface area contributed by atoms with E-state index < -0.39 is 0 Å². The molecule has 1 unspecified atom stereocenters. The van der Waals surface area contributed by atoms with Gasteiger partial charge in [0.25, 0.3) is 0 Å². The zero-order chi connectivity index (χ0) is 8.55. The molecule has 0 spiro atoms. The van der Waals surface area contributed by atoms with Gasteiger partial charge in [-0.2, -0.15) is 0 Å². The number of rotatable bonds is 0. The van der Waals surface area contributed by atoms with Crippen molar-refractivity contribution < 1.29 is 0 Å². The maximum absolute atomic E-state index is 5.91. The molecule has 1 aromatic rings. The van der Waals surface area contributed by atoms with Gasteiger partial charge in [0.1, 0.15) is 0 Å². The van der Waals surface area contributed by atoms with Gasteiger partial charge in [0, 0.05) is 12.0 Å². The molecule has 1 heteroatoms. The van der Waals surface area contributed by atoms with Crippen molar-refractivity contribution >= 4 is 6.08 Å². The molecule has 62 valence electrons. The van der Waals surface area contributed by atoms with Crippen LogP contribution in [0.1, 0.15) is 24.0 Å². The molecule has 0 aromatic heterocycles. The summed E-state index contributed by atoms with van der Waals surface area (Å²) < 4.78 is 0. The number of hydrogen-bond donors (Lipinski definition) is 1. The molecule has 2 rings (SSSR count). The highest BCUT2D eigenvalue weighted by Crippen LogP contribution is 2.27. The zero-order valence-electron chi connectivity index (χ0n) is 7.20. The fourth-order valence-corrected chi connectivity index (χ4v) is 1.67. The van der Waals surface area contributed by atoms with Crippen molar-refractivity contribution in [2.75, 3.05) is 0 Å². The van der Waals surface area contributed by atoms with Crippen LogP contribution in [0.25, 0.3) is 6.08 Å². The highest BCUT2D eigenvalue weighted by molar-refractivity contribution is 5.58. The molecular formula is C11H13N. The lowest BCUT2D eigenvalue weighted by Crippen LogP contribution is -2.26. The number of benzene rings is 1. The van der Waals surface area contributed by atoms with Crippen LogP contribution in [0.15, 0.2) is 30.3 Å². The molecular weight excluding hydrogens is 146 g/mol. The van der Waals surface area contributed by atoms with E-state index in [2.05, 4.69) is 43.3 Å². The molecule has 2 N–H and O–H groups in total. The Balaban J connectivity index is 2.52. The van der Waals surface area contributed by atoms with Crippen LogP contribution in [0, 0.1) is 0 Å². The van der Waals surface area contributed by atoms with Crippen LogP contribution in [0.5, 0.6) is 0 Å². The highest BCUT2D eigenvalue weighted by atomic mass is 14.6. The maximum atomic E-state index is 5.91. The van der Waals surface area contributed by atoms with Crippen molar-refractivity contribution in [3.63, 3.8) is 0 Å². The Morgan fingerprint density at radius 2 is 2.00 bits per heavy atom. The molecule has 12 heavy (non-hydrogen) atoms. The maximum Gasteiger partial charge on any atom is 0.0294 e. The SMILES string of the molecule is CC1c2ccccc2C=C[C@@H]1N. The summed E-state index contributed by atoms with van der Waals surface area (Å²) in [6.07, 6.45) is 4.19. The van der Waals surface area contributed by atoms with Gasteiger partial charge in [-0.15, -0.1) is 0 Å². The molecule has 1 aromatic carbocycles. The van der Waals surface area contributed by atoms with Crippen molar-refractivity contribution in [1.29, 1.82) is 0 Å². The fraction of sp³-hybridized carbons (Fsp3) is 0.273. The molecule has 0 radical (unpaired) electrons. The predicted octanol–water partition coefficient (Wildman–Crippen LogP) is 2.14. The average Bonchev–Trinajstić information content (AvgIpc) is 2.12. The second kappa shape index (κ2) is 2.76. The van der Waals surface area contributed by atoms with Crippen molar-refractivity contribution in [3.05, 3.63) is 41.5 Å². The van der Waals surface area contributed by atoms with Gasteiger partial charge in [-0.3, -0.25) is 0 Å². The topological polar surface area (TPSA) is 26.0 Å².